The molecule has 3 rings (SSSR count). The average Bonchev–Trinajstić information content (AvgIpc) is 3.09. The number of aliphatic hydroxyl groups is 1. The lowest BCUT2D eigenvalue weighted by Gasteiger charge is -2.34. The van der Waals surface area contributed by atoms with Crippen molar-refractivity contribution in [2.45, 2.75) is 39.6 Å². The maximum atomic E-state index is 11.5. The van der Waals surface area contributed by atoms with Gasteiger partial charge in [0.1, 0.15) is 5.60 Å². The van der Waals surface area contributed by atoms with E-state index in [4.69, 9.17) is 9.47 Å². The molecule has 3 heteroatoms. The maximum absolute atomic E-state index is 11.5. The van der Waals surface area contributed by atoms with Crippen molar-refractivity contribution in [1.82, 2.24) is 0 Å². The topological polar surface area (TPSA) is 38.7 Å². The van der Waals surface area contributed by atoms with E-state index < -0.39 is 5.60 Å². The van der Waals surface area contributed by atoms with Gasteiger partial charge in [-0.15, -0.1) is 0 Å². The molecule has 114 valence electrons. The first-order chi connectivity index (χ1) is 9.98. The van der Waals surface area contributed by atoms with Gasteiger partial charge >= 0.3 is 0 Å². The van der Waals surface area contributed by atoms with Crippen LogP contribution < -0.4 is 0 Å². The van der Waals surface area contributed by atoms with Gasteiger partial charge < -0.3 is 14.6 Å². The molecule has 0 radical (unpaired) electrons. The van der Waals surface area contributed by atoms with Gasteiger partial charge in [0.2, 0.25) is 0 Å². The number of hydrogen-bond donors (Lipinski definition) is 1. The average molecular weight is 288 g/mol. The van der Waals surface area contributed by atoms with E-state index >= 15 is 0 Å². The quantitative estimate of drug-likeness (QED) is 0.846. The van der Waals surface area contributed by atoms with Gasteiger partial charge in [-0.25, -0.2) is 0 Å². The molecule has 1 heterocycles. The molecule has 0 amide bonds. The third kappa shape index (κ3) is 2.07. The largest absolute Gasteiger partial charge is 0.380 e. The predicted octanol–water partition coefficient (Wildman–Crippen LogP) is 3.54. The summed E-state index contributed by atoms with van der Waals surface area (Å²) in [6.07, 6.45) is -0.360. The first-order valence-corrected chi connectivity index (χ1v) is 7.70. The number of hydrogen-bond acceptors (Lipinski definition) is 3. The Kier molecular flexibility index (Phi) is 3.68. The summed E-state index contributed by atoms with van der Waals surface area (Å²) in [4.78, 5) is 0. The summed E-state index contributed by atoms with van der Waals surface area (Å²) in [5, 5.41) is 11.5. The summed E-state index contributed by atoms with van der Waals surface area (Å²) in [7, 11) is 0. The second kappa shape index (κ2) is 5.24. The first kappa shape index (κ1) is 14.8. The SMILES string of the molecule is CC1=C(C)C(O)(c2ccccc2C2OCCO2)C(C)C1C. The monoisotopic (exact) mass is 288 g/mol. The van der Waals surface area contributed by atoms with Crippen LogP contribution in [0.15, 0.2) is 35.4 Å². The summed E-state index contributed by atoms with van der Waals surface area (Å²) >= 11 is 0. The fraction of sp³-hybridized carbons (Fsp3) is 0.556. The Hall–Kier alpha value is -1.16. The van der Waals surface area contributed by atoms with Crippen molar-refractivity contribution in [3.05, 3.63) is 46.5 Å². The van der Waals surface area contributed by atoms with Crippen LogP contribution in [-0.4, -0.2) is 18.3 Å². The van der Waals surface area contributed by atoms with Crippen LogP contribution in [0.4, 0.5) is 0 Å². The van der Waals surface area contributed by atoms with Crippen LogP contribution in [0.25, 0.3) is 0 Å². The number of rotatable bonds is 2. The van der Waals surface area contributed by atoms with Gasteiger partial charge in [0.05, 0.1) is 13.2 Å². The molecular formula is C18H24O3. The molecule has 0 aromatic heterocycles. The van der Waals surface area contributed by atoms with E-state index in [0.29, 0.717) is 19.1 Å². The highest BCUT2D eigenvalue weighted by atomic mass is 16.7. The molecular weight excluding hydrogens is 264 g/mol. The van der Waals surface area contributed by atoms with Crippen molar-refractivity contribution < 1.29 is 14.6 Å². The van der Waals surface area contributed by atoms with Crippen LogP contribution in [0.5, 0.6) is 0 Å². The van der Waals surface area contributed by atoms with Gasteiger partial charge in [-0.3, -0.25) is 0 Å². The molecule has 1 saturated heterocycles. The smallest absolute Gasteiger partial charge is 0.184 e. The molecule has 1 aromatic rings. The molecule has 21 heavy (non-hydrogen) atoms. The second-order valence-corrected chi connectivity index (χ2v) is 6.31. The summed E-state index contributed by atoms with van der Waals surface area (Å²) in [5.74, 6) is 0.508. The van der Waals surface area contributed by atoms with Crippen molar-refractivity contribution in [1.29, 1.82) is 0 Å². The second-order valence-electron chi connectivity index (χ2n) is 6.31. The lowest BCUT2D eigenvalue weighted by molar-refractivity contribution is -0.0505. The van der Waals surface area contributed by atoms with E-state index in [1.54, 1.807) is 0 Å². The zero-order chi connectivity index (χ0) is 15.2. The van der Waals surface area contributed by atoms with E-state index in [1.807, 2.05) is 31.2 Å². The molecule has 1 aromatic carbocycles. The summed E-state index contributed by atoms with van der Waals surface area (Å²) in [6, 6.07) is 7.96. The third-order valence-corrected chi connectivity index (χ3v) is 5.50. The first-order valence-electron chi connectivity index (χ1n) is 7.70. The molecule has 3 nitrogen and oxygen atoms in total. The molecule has 1 N–H and O–H groups in total. The van der Waals surface area contributed by atoms with E-state index in [1.165, 1.54) is 5.57 Å². The minimum atomic E-state index is -0.935. The molecule has 0 bridgehead atoms. The number of allylic oxidation sites excluding steroid dienone is 1. The van der Waals surface area contributed by atoms with Crippen LogP contribution >= 0.6 is 0 Å². The lowest BCUT2D eigenvalue weighted by atomic mass is 9.77. The van der Waals surface area contributed by atoms with E-state index in [2.05, 4.69) is 20.8 Å². The minimum absolute atomic E-state index is 0.139. The normalized spacial score (nSPS) is 34.0. The fourth-order valence-electron chi connectivity index (χ4n) is 3.76. The molecule has 0 saturated carbocycles. The van der Waals surface area contributed by atoms with Crippen molar-refractivity contribution in [2.75, 3.05) is 13.2 Å². The highest BCUT2D eigenvalue weighted by molar-refractivity contribution is 5.45. The third-order valence-electron chi connectivity index (χ3n) is 5.50. The molecule has 3 unspecified atom stereocenters. The van der Waals surface area contributed by atoms with Crippen LogP contribution in [0.3, 0.4) is 0 Å². The Morgan fingerprint density at radius 3 is 2.29 bits per heavy atom. The predicted molar refractivity (Wildman–Crippen MR) is 81.7 cm³/mol. The van der Waals surface area contributed by atoms with Crippen molar-refractivity contribution in [2.24, 2.45) is 11.8 Å². The standard InChI is InChI=1S/C18H24O3/c1-11-12(2)14(4)18(19,13(11)3)16-8-6-5-7-15(16)17-20-9-10-21-17/h5-8,11,13,17,19H,9-10H2,1-4H3. The zero-order valence-corrected chi connectivity index (χ0v) is 13.2. The summed E-state index contributed by atoms with van der Waals surface area (Å²) < 4.78 is 11.3. The van der Waals surface area contributed by atoms with Crippen LogP contribution in [0.1, 0.15) is 45.1 Å². The number of ether oxygens (including phenoxy) is 2. The van der Waals surface area contributed by atoms with Crippen LogP contribution in [0.2, 0.25) is 0 Å². The van der Waals surface area contributed by atoms with Crippen molar-refractivity contribution in [3.8, 4) is 0 Å². The Morgan fingerprint density at radius 2 is 1.71 bits per heavy atom. The Labute approximate surface area is 126 Å². The van der Waals surface area contributed by atoms with E-state index in [-0.39, 0.29) is 12.2 Å². The Bertz CT molecular complexity index is 572. The molecule has 0 spiro atoms. The Morgan fingerprint density at radius 1 is 1.10 bits per heavy atom. The van der Waals surface area contributed by atoms with Gasteiger partial charge in [-0.1, -0.05) is 43.7 Å². The minimum Gasteiger partial charge on any atom is -0.380 e. The van der Waals surface area contributed by atoms with Crippen molar-refractivity contribution >= 4 is 0 Å². The zero-order valence-electron chi connectivity index (χ0n) is 13.2. The van der Waals surface area contributed by atoms with Gasteiger partial charge in [0, 0.05) is 5.56 Å². The lowest BCUT2D eigenvalue weighted by Crippen LogP contribution is -2.34. The molecule has 1 aliphatic heterocycles. The number of benzene rings is 1. The summed E-state index contributed by atoms with van der Waals surface area (Å²) in [6.45, 7) is 9.70. The van der Waals surface area contributed by atoms with Crippen molar-refractivity contribution in [3.63, 3.8) is 0 Å². The Balaban J connectivity index is 2.12. The summed E-state index contributed by atoms with van der Waals surface area (Å²) in [5.41, 5.74) is 3.28. The molecule has 2 aliphatic rings. The molecule has 1 aliphatic carbocycles. The van der Waals surface area contributed by atoms with Gasteiger partial charge in [-0.05, 0) is 36.8 Å². The molecule has 1 fully saturated rings. The highest BCUT2D eigenvalue weighted by Crippen LogP contribution is 2.51. The van der Waals surface area contributed by atoms with Gasteiger partial charge in [-0.2, -0.15) is 0 Å². The maximum Gasteiger partial charge on any atom is 0.184 e. The highest BCUT2D eigenvalue weighted by Gasteiger charge is 2.48. The van der Waals surface area contributed by atoms with E-state index in [0.717, 1.165) is 16.7 Å². The fourth-order valence-corrected chi connectivity index (χ4v) is 3.76. The van der Waals surface area contributed by atoms with Gasteiger partial charge in [0.25, 0.3) is 0 Å². The van der Waals surface area contributed by atoms with Crippen LogP contribution in [-0.2, 0) is 15.1 Å². The van der Waals surface area contributed by atoms with Gasteiger partial charge in [0.15, 0.2) is 6.29 Å². The molecule has 3 atom stereocenters. The van der Waals surface area contributed by atoms with Crippen LogP contribution in [0, 0.1) is 11.8 Å². The van der Waals surface area contributed by atoms with E-state index in [9.17, 15) is 5.11 Å².